The number of ketones is 1. The molecule has 1 aromatic carbocycles. The van der Waals surface area contributed by atoms with Gasteiger partial charge in [0.1, 0.15) is 5.78 Å². The lowest BCUT2D eigenvalue weighted by molar-refractivity contribution is -0.120. The van der Waals surface area contributed by atoms with Crippen molar-refractivity contribution >= 4 is 27.4 Å². The number of nitrogens with zero attached hydrogens (tertiary/aromatic N) is 2. The third kappa shape index (κ3) is 5.23. The standard InChI is InChI=1S/C19H27N3O4S/c1-5-22(6-2)27(25,26)17-9-7-8-14(10-17)18(24)21-20-15-11-16(23)13-19(3,4)12-15/h7-10H,5-6,11-13H2,1-4H3,(H,21,24)/b20-15-. The van der Waals surface area contributed by atoms with Crippen LogP contribution in [0, 0.1) is 5.41 Å². The minimum atomic E-state index is -3.64. The average Bonchev–Trinajstić information content (AvgIpc) is 2.59. The Hall–Kier alpha value is -2.06. The van der Waals surface area contributed by atoms with E-state index in [-0.39, 0.29) is 28.1 Å². The van der Waals surface area contributed by atoms with E-state index < -0.39 is 15.9 Å². The number of rotatable bonds is 6. The van der Waals surface area contributed by atoms with Gasteiger partial charge in [0.2, 0.25) is 10.0 Å². The second kappa shape index (κ2) is 8.31. The number of hydrogen-bond acceptors (Lipinski definition) is 5. The Kier molecular flexibility index (Phi) is 6.54. The van der Waals surface area contributed by atoms with Gasteiger partial charge in [0.25, 0.3) is 5.91 Å². The molecule has 1 amide bonds. The molecule has 1 fully saturated rings. The fraction of sp³-hybridized carbons (Fsp3) is 0.526. The van der Waals surface area contributed by atoms with Gasteiger partial charge in [0, 0.05) is 37.2 Å². The molecular formula is C19H27N3O4S. The highest BCUT2D eigenvalue weighted by Crippen LogP contribution is 2.31. The van der Waals surface area contributed by atoms with Gasteiger partial charge < -0.3 is 0 Å². The van der Waals surface area contributed by atoms with E-state index in [1.54, 1.807) is 13.8 Å². The Morgan fingerprint density at radius 2 is 1.89 bits per heavy atom. The molecule has 0 aromatic heterocycles. The summed E-state index contributed by atoms with van der Waals surface area (Å²) in [5, 5.41) is 4.10. The second-order valence-electron chi connectivity index (χ2n) is 7.47. The molecule has 1 aliphatic carbocycles. The lowest BCUT2D eigenvalue weighted by Gasteiger charge is -2.29. The maximum atomic E-state index is 12.6. The van der Waals surface area contributed by atoms with Crippen LogP contribution in [0.4, 0.5) is 0 Å². The Morgan fingerprint density at radius 1 is 1.22 bits per heavy atom. The molecule has 1 aromatic rings. The molecule has 0 radical (unpaired) electrons. The third-order valence-electron chi connectivity index (χ3n) is 4.51. The first-order chi connectivity index (χ1) is 12.6. The summed E-state index contributed by atoms with van der Waals surface area (Å²) in [5.41, 5.74) is 3.12. The smallest absolute Gasteiger partial charge is 0.271 e. The van der Waals surface area contributed by atoms with E-state index in [4.69, 9.17) is 0 Å². The molecule has 0 aliphatic heterocycles. The molecule has 2 rings (SSSR count). The predicted octanol–water partition coefficient (Wildman–Crippen LogP) is 2.58. The Balaban J connectivity index is 2.18. The summed E-state index contributed by atoms with van der Waals surface area (Å²) in [6, 6.07) is 5.89. The summed E-state index contributed by atoms with van der Waals surface area (Å²) in [4.78, 5) is 24.3. The molecule has 7 nitrogen and oxygen atoms in total. The van der Waals surface area contributed by atoms with Crippen molar-refractivity contribution in [2.75, 3.05) is 13.1 Å². The molecular weight excluding hydrogens is 366 g/mol. The highest BCUT2D eigenvalue weighted by Gasteiger charge is 2.30. The number of benzene rings is 1. The zero-order chi connectivity index (χ0) is 20.2. The van der Waals surface area contributed by atoms with Gasteiger partial charge in [-0.15, -0.1) is 0 Å². The van der Waals surface area contributed by atoms with Crippen molar-refractivity contribution in [2.45, 2.75) is 51.9 Å². The lowest BCUT2D eigenvalue weighted by Crippen LogP contribution is -2.31. The van der Waals surface area contributed by atoms with Crippen LogP contribution in [0.15, 0.2) is 34.3 Å². The molecule has 1 aliphatic rings. The van der Waals surface area contributed by atoms with Crippen molar-refractivity contribution in [1.29, 1.82) is 0 Å². The van der Waals surface area contributed by atoms with E-state index in [1.807, 2.05) is 13.8 Å². The molecule has 0 heterocycles. The van der Waals surface area contributed by atoms with Gasteiger partial charge in [0.15, 0.2) is 0 Å². The molecule has 0 bridgehead atoms. The summed E-state index contributed by atoms with van der Waals surface area (Å²) >= 11 is 0. The minimum absolute atomic E-state index is 0.0699. The zero-order valence-corrected chi connectivity index (χ0v) is 17.1. The average molecular weight is 394 g/mol. The van der Waals surface area contributed by atoms with Crippen molar-refractivity contribution in [3.8, 4) is 0 Å². The lowest BCUT2D eigenvalue weighted by atomic mass is 9.76. The molecule has 0 unspecified atom stereocenters. The molecule has 0 atom stereocenters. The molecule has 0 saturated heterocycles. The number of amides is 1. The van der Waals surface area contributed by atoms with Gasteiger partial charge in [-0.1, -0.05) is 33.8 Å². The van der Waals surface area contributed by atoms with Crippen LogP contribution in [0.25, 0.3) is 0 Å². The number of hydrazone groups is 1. The number of carbonyl (C=O) groups excluding carboxylic acids is 2. The number of carbonyl (C=O) groups is 2. The van der Waals surface area contributed by atoms with E-state index in [9.17, 15) is 18.0 Å². The van der Waals surface area contributed by atoms with Gasteiger partial charge in [-0.3, -0.25) is 9.59 Å². The van der Waals surface area contributed by atoms with Crippen LogP contribution in [-0.4, -0.2) is 43.2 Å². The van der Waals surface area contributed by atoms with Crippen LogP contribution >= 0.6 is 0 Å². The summed E-state index contributed by atoms with van der Waals surface area (Å²) in [6.45, 7) is 8.21. The SMILES string of the molecule is CCN(CC)S(=O)(=O)c1cccc(C(=O)N/N=C2/CC(=O)CC(C)(C)C2)c1. The first kappa shape index (κ1) is 21.2. The quantitative estimate of drug-likeness (QED) is 0.751. The summed E-state index contributed by atoms with van der Waals surface area (Å²) in [7, 11) is -3.64. The maximum Gasteiger partial charge on any atom is 0.271 e. The normalized spacial score (nSPS) is 18.7. The molecule has 27 heavy (non-hydrogen) atoms. The summed E-state index contributed by atoms with van der Waals surface area (Å²) in [6.07, 6.45) is 1.38. The zero-order valence-electron chi connectivity index (χ0n) is 16.3. The van der Waals surface area contributed by atoms with Crippen molar-refractivity contribution in [2.24, 2.45) is 10.5 Å². The highest BCUT2D eigenvalue weighted by atomic mass is 32.2. The van der Waals surface area contributed by atoms with Gasteiger partial charge >= 0.3 is 0 Å². The van der Waals surface area contributed by atoms with Gasteiger partial charge in [-0.25, -0.2) is 13.8 Å². The van der Waals surface area contributed by atoms with E-state index in [2.05, 4.69) is 10.5 Å². The van der Waals surface area contributed by atoms with Crippen LogP contribution in [0.3, 0.4) is 0 Å². The highest BCUT2D eigenvalue weighted by molar-refractivity contribution is 7.89. The number of hydrogen-bond donors (Lipinski definition) is 1. The largest absolute Gasteiger partial charge is 0.299 e. The van der Waals surface area contributed by atoms with Crippen LogP contribution in [0.5, 0.6) is 0 Å². The molecule has 1 N–H and O–H groups in total. The van der Waals surface area contributed by atoms with E-state index >= 15 is 0 Å². The molecule has 148 valence electrons. The maximum absolute atomic E-state index is 12.6. The van der Waals surface area contributed by atoms with Gasteiger partial charge in [-0.2, -0.15) is 9.41 Å². The third-order valence-corrected chi connectivity index (χ3v) is 6.56. The van der Waals surface area contributed by atoms with E-state index in [1.165, 1.54) is 28.6 Å². The van der Waals surface area contributed by atoms with Crippen molar-refractivity contribution in [1.82, 2.24) is 9.73 Å². The monoisotopic (exact) mass is 393 g/mol. The molecule has 8 heteroatoms. The topological polar surface area (TPSA) is 95.9 Å². The van der Waals surface area contributed by atoms with Gasteiger partial charge in [-0.05, 0) is 30.0 Å². The number of Topliss-reactive ketones (excluding diaryl/α,β-unsaturated/α-hetero) is 1. The van der Waals surface area contributed by atoms with Crippen molar-refractivity contribution in [3.63, 3.8) is 0 Å². The minimum Gasteiger partial charge on any atom is -0.299 e. The van der Waals surface area contributed by atoms with E-state index in [0.29, 0.717) is 31.6 Å². The fourth-order valence-electron chi connectivity index (χ4n) is 3.29. The number of sulfonamides is 1. The van der Waals surface area contributed by atoms with E-state index in [0.717, 1.165) is 0 Å². The van der Waals surface area contributed by atoms with Crippen molar-refractivity contribution < 1.29 is 18.0 Å². The number of nitrogens with one attached hydrogen (secondary N) is 1. The van der Waals surface area contributed by atoms with Crippen LogP contribution in [0.2, 0.25) is 0 Å². The summed E-state index contributed by atoms with van der Waals surface area (Å²) < 4.78 is 26.6. The van der Waals surface area contributed by atoms with Crippen LogP contribution in [-0.2, 0) is 14.8 Å². The molecule has 0 spiro atoms. The fourth-order valence-corrected chi connectivity index (χ4v) is 4.79. The second-order valence-corrected chi connectivity index (χ2v) is 9.41. The Morgan fingerprint density at radius 3 is 2.48 bits per heavy atom. The Labute approximate surface area is 160 Å². The predicted molar refractivity (Wildman–Crippen MR) is 104 cm³/mol. The summed E-state index contributed by atoms with van der Waals surface area (Å²) in [5.74, 6) is -0.401. The first-order valence-corrected chi connectivity index (χ1v) is 10.5. The Bertz CT molecular complexity index is 855. The van der Waals surface area contributed by atoms with Crippen LogP contribution < -0.4 is 5.43 Å². The van der Waals surface area contributed by atoms with Crippen LogP contribution in [0.1, 0.15) is 57.3 Å². The first-order valence-electron chi connectivity index (χ1n) is 9.06. The molecule has 1 saturated carbocycles. The van der Waals surface area contributed by atoms with Gasteiger partial charge in [0.05, 0.1) is 4.90 Å². The van der Waals surface area contributed by atoms with Crippen molar-refractivity contribution in [3.05, 3.63) is 29.8 Å².